The van der Waals surface area contributed by atoms with Gasteiger partial charge in [-0.15, -0.1) is 0 Å². The van der Waals surface area contributed by atoms with Gasteiger partial charge in [-0.2, -0.15) is 0 Å². The Morgan fingerprint density at radius 1 is 1.33 bits per heavy atom. The van der Waals surface area contributed by atoms with Crippen molar-refractivity contribution < 1.29 is 19.7 Å². The van der Waals surface area contributed by atoms with Crippen molar-refractivity contribution in [3.8, 4) is 0 Å². The van der Waals surface area contributed by atoms with Crippen molar-refractivity contribution >= 4 is 5.97 Å². The standard InChI is InChI=1S/C20H32O4/c1-13-6-7-15-18(2,9-5-10-19(15,3)17(22)23)14(13)8-11-20(4)16(12-21)24-20/h14-16,21H,1,5-12H2,2-4H3,(H,22,23). The quantitative estimate of drug-likeness (QED) is 0.592. The van der Waals surface area contributed by atoms with Crippen LogP contribution in [0.15, 0.2) is 12.2 Å². The molecule has 2 aliphatic carbocycles. The van der Waals surface area contributed by atoms with Crippen LogP contribution in [-0.2, 0) is 9.53 Å². The SMILES string of the molecule is C=C1CCC2C(C)(C(=O)O)CCCC2(C)C1CCC1(C)OC1CO. The number of ether oxygens (including phenoxy) is 1. The summed E-state index contributed by atoms with van der Waals surface area (Å²) in [6.07, 6.45) is 6.60. The van der Waals surface area contributed by atoms with Gasteiger partial charge in [-0.05, 0) is 69.6 Å². The molecule has 0 spiro atoms. The Bertz CT molecular complexity index is 544. The smallest absolute Gasteiger partial charge is 0.309 e. The first-order valence-electron chi connectivity index (χ1n) is 9.37. The highest BCUT2D eigenvalue weighted by atomic mass is 16.6. The van der Waals surface area contributed by atoms with E-state index in [1.54, 1.807) is 0 Å². The van der Waals surface area contributed by atoms with E-state index in [9.17, 15) is 15.0 Å². The summed E-state index contributed by atoms with van der Waals surface area (Å²) in [7, 11) is 0. The largest absolute Gasteiger partial charge is 0.481 e. The minimum atomic E-state index is -0.637. The van der Waals surface area contributed by atoms with Crippen LogP contribution in [0.4, 0.5) is 0 Å². The number of hydrogen-bond acceptors (Lipinski definition) is 3. The second-order valence-corrected chi connectivity index (χ2v) is 9.02. The number of allylic oxidation sites excluding steroid dienone is 1. The van der Waals surface area contributed by atoms with Gasteiger partial charge >= 0.3 is 5.97 Å². The van der Waals surface area contributed by atoms with Crippen LogP contribution in [0.1, 0.15) is 65.7 Å². The van der Waals surface area contributed by atoms with Crippen LogP contribution in [0.5, 0.6) is 0 Å². The van der Waals surface area contributed by atoms with Crippen molar-refractivity contribution in [2.75, 3.05) is 6.61 Å². The van der Waals surface area contributed by atoms with Crippen LogP contribution in [0.25, 0.3) is 0 Å². The van der Waals surface area contributed by atoms with Crippen LogP contribution in [0, 0.1) is 22.7 Å². The predicted octanol–water partition coefficient (Wildman–Crippen LogP) is 3.78. The van der Waals surface area contributed by atoms with Crippen LogP contribution < -0.4 is 0 Å². The zero-order chi connectivity index (χ0) is 17.8. The third-order valence-electron chi connectivity index (χ3n) is 7.64. The first kappa shape index (κ1) is 17.9. The minimum Gasteiger partial charge on any atom is -0.481 e. The highest BCUT2D eigenvalue weighted by molar-refractivity contribution is 5.75. The number of carboxylic acid groups (broad SMARTS) is 1. The molecular formula is C20H32O4. The lowest BCUT2D eigenvalue weighted by atomic mass is 9.46. The van der Waals surface area contributed by atoms with E-state index in [0.717, 1.165) is 44.9 Å². The van der Waals surface area contributed by atoms with Crippen molar-refractivity contribution in [3.63, 3.8) is 0 Å². The van der Waals surface area contributed by atoms with E-state index in [2.05, 4.69) is 20.4 Å². The first-order chi connectivity index (χ1) is 11.2. The lowest BCUT2D eigenvalue weighted by molar-refractivity contribution is -0.164. The minimum absolute atomic E-state index is 0.0146. The molecule has 1 heterocycles. The molecular weight excluding hydrogens is 304 g/mol. The zero-order valence-electron chi connectivity index (χ0n) is 15.3. The van der Waals surface area contributed by atoms with E-state index >= 15 is 0 Å². The van der Waals surface area contributed by atoms with E-state index in [1.807, 2.05) is 6.92 Å². The second kappa shape index (κ2) is 5.84. The van der Waals surface area contributed by atoms with Gasteiger partial charge in [0.25, 0.3) is 0 Å². The number of rotatable bonds is 5. The van der Waals surface area contributed by atoms with Crippen molar-refractivity contribution in [2.24, 2.45) is 22.7 Å². The molecule has 24 heavy (non-hydrogen) atoms. The molecule has 0 radical (unpaired) electrons. The Morgan fingerprint density at radius 3 is 2.62 bits per heavy atom. The average molecular weight is 336 g/mol. The molecule has 1 aliphatic heterocycles. The van der Waals surface area contributed by atoms with Gasteiger partial charge in [0.15, 0.2) is 0 Å². The maximum Gasteiger partial charge on any atom is 0.309 e. The summed E-state index contributed by atoms with van der Waals surface area (Å²) in [5.41, 5.74) is 0.483. The normalized spacial score (nSPS) is 48.0. The van der Waals surface area contributed by atoms with Gasteiger partial charge < -0.3 is 14.9 Å². The Morgan fingerprint density at radius 2 is 2.04 bits per heavy atom. The molecule has 4 nitrogen and oxygen atoms in total. The van der Waals surface area contributed by atoms with Gasteiger partial charge in [0.2, 0.25) is 0 Å². The van der Waals surface area contributed by atoms with Gasteiger partial charge in [-0.3, -0.25) is 4.79 Å². The molecule has 136 valence electrons. The Kier molecular flexibility index (Phi) is 4.37. The number of carboxylic acids is 1. The molecule has 4 heteroatoms. The molecule has 1 saturated heterocycles. The van der Waals surface area contributed by atoms with E-state index < -0.39 is 11.4 Å². The molecule has 0 aromatic carbocycles. The Labute approximate surface area is 145 Å². The zero-order valence-corrected chi connectivity index (χ0v) is 15.3. The number of carbonyl (C=O) groups is 1. The molecule has 6 atom stereocenters. The molecule has 0 aromatic heterocycles. The van der Waals surface area contributed by atoms with E-state index in [0.29, 0.717) is 5.92 Å². The second-order valence-electron chi connectivity index (χ2n) is 9.02. The van der Waals surface area contributed by atoms with Gasteiger partial charge in [0.1, 0.15) is 6.10 Å². The van der Waals surface area contributed by atoms with Gasteiger partial charge in [-0.1, -0.05) is 25.5 Å². The number of fused-ring (bicyclic) bond motifs is 1. The number of aliphatic hydroxyl groups excluding tert-OH is 1. The van der Waals surface area contributed by atoms with Crippen LogP contribution in [0.3, 0.4) is 0 Å². The summed E-state index contributed by atoms with van der Waals surface area (Å²) in [5.74, 6) is -0.0635. The highest BCUT2D eigenvalue weighted by Crippen LogP contribution is 2.62. The predicted molar refractivity (Wildman–Crippen MR) is 92.7 cm³/mol. The summed E-state index contributed by atoms with van der Waals surface area (Å²) in [4.78, 5) is 12.0. The van der Waals surface area contributed by atoms with Crippen molar-refractivity contribution in [1.29, 1.82) is 0 Å². The molecule has 0 aromatic rings. The number of epoxide rings is 1. The number of aliphatic hydroxyl groups is 1. The van der Waals surface area contributed by atoms with Crippen molar-refractivity contribution in [1.82, 2.24) is 0 Å². The lowest BCUT2D eigenvalue weighted by Gasteiger charge is -2.57. The Hall–Kier alpha value is -0.870. The molecule has 3 aliphatic rings. The monoisotopic (exact) mass is 336 g/mol. The van der Waals surface area contributed by atoms with E-state index in [-0.39, 0.29) is 29.6 Å². The highest BCUT2D eigenvalue weighted by Gasteiger charge is 2.58. The maximum absolute atomic E-state index is 12.0. The topological polar surface area (TPSA) is 70.1 Å². The fraction of sp³-hybridized carbons (Fsp3) is 0.850. The van der Waals surface area contributed by atoms with Gasteiger partial charge in [-0.25, -0.2) is 0 Å². The summed E-state index contributed by atoms with van der Waals surface area (Å²) < 4.78 is 5.65. The Balaban J connectivity index is 1.80. The first-order valence-corrected chi connectivity index (χ1v) is 9.37. The van der Waals surface area contributed by atoms with Gasteiger partial charge in [0.05, 0.1) is 17.6 Å². The van der Waals surface area contributed by atoms with Crippen molar-refractivity contribution in [2.45, 2.75) is 77.4 Å². The fourth-order valence-electron chi connectivity index (χ4n) is 5.91. The van der Waals surface area contributed by atoms with Crippen LogP contribution in [0.2, 0.25) is 0 Å². The summed E-state index contributed by atoms with van der Waals surface area (Å²) in [6, 6.07) is 0. The van der Waals surface area contributed by atoms with E-state index in [4.69, 9.17) is 4.74 Å². The third-order valence-corrected chi connectivity index (χ3v) is 7.64. The van der Waals surface area contributed by atoms with Crippen LogP contribution in [-0.4, -0.2) is 34.5 Å². The van der Waals surface area contributed by atoms with E-state index in [1.165, 1.54) is 5.57 Å². The summed E-state index contributed by atoms with van der Waals surface area (Å²) >= 11 is 0. The summed E-state index contributed by atoms with van der Waals surface area (Å²) in [5, 5.41) is 19.2. The molecule has 0 amide bonds. The molecule has 2 saturated carbocycles. The average Bonchev–Trinajstić information content (AvgIpc) is 3.17. The van der Waals surface area contributed by atoms with Crippen molar-refractivity contribution in [3.05, 3.63) is 12.2 Å². The maximum atomic E-state index is 12.0. The fourth-order valence-corrected chi connectivity index (χ4v) is 5.91. The summed E-state index contributed by atoms with van der Waals surface area (Å²) in [6.45, 7) is 10.8. The van der Waals surface area contributed by atoms with Crippen LogP contribution >= 0.6 is 0 Å². The number of aliphatic carboxylic acids is 1. The molecule has 3 rings (SSSR count). The molecule has 6 unspecified atom stereocenters. The lowest BCUT2D eigenvalue weighted by Crippen LogP contribution is -2.53. The number of hydrogen-bond donors (Lipinski definition) is 2. The third kappa shape index (κ3) is 2.62. The molecule has 3 fully saturated rings. The molecule has 2 N–H and O–H groups in total. The van der Waals surface area contributed by atoms with Gasteiger partial charge in [0, 0.05) is 0 Å². The molecule has 0 bridgehead atoms.